The summed E-state index contributed by atoms with van der Waals surface area (Å²) in [6.07, 6.45) is 1.58. The number of nitrogens with one attached hydrogen (secondary N) is 1. The summed E-state index contributed by atoms with van der Waals surface area (Å²) in [5.41, 5.74) is 0.719. The van der Waals surface area contributed by atoms with E-state index in [0.717, 1.165) is 31.3 Å². The zero-order chi connectivity index (χ0) is 14.1. The van der Waals surface area contributed by atoms with Crippen molar-refractivity contribution in [3.8, 4) is 0 Å². The first-order valence-corrected chi connectivity index (χ1v) is 7.93. The van der Waals surface area contributed by atoms with Crippen LogP contribution in [0.4, 0.5) is 0 Å². The van der Waals surface area contributed by atoms with Crippen LogP contribution in [0.25, 0.3) is 0 Å². The fraction of sp³-hybridized carbons (Fsp3) is 0.600. The Bertz CT molecular complexity index is 576. The molecule has 19 heavy (non-hydrogen) atoms. The van der Waals surface area contributed by atoms with Crippen molar-refractivity contribution >= 4 is 27.3 Å². The minimum atomic E-state index is -3.81. The molecule has 0 amide bonds. The van der Waals surface area contributed by atoms with Gasteiger partial charge in [0.25, 0.3) is 10.0 Å². The highest BCUT2D eigenvalue weighted by Crippen LogP contribution is 2.44. The number of esters is 1. The van der Waals surface area contributed by atoms with E-state index in [-0.39, 0.29) is 28.5 Å². The maximum absolute atomic E-state index is 12.1. The van der Waals surface area contributed by atoms with Crippen molar-refractivity contribution in [1.29, 1.82) is 0 Å². The van der Waals surface area contributed by atoms with Gasteiger partial charge in [-0.3, -0.25) is 0 Å². The third kappa shape index (κ3) is 2.94. The lowest BCUT2D eigenvalue weighted by molar-refractivity contribution is 0.0590. The molecule has 1 aliphatic carbocycles. The molecular formula is C10H14N2O5S2. The van der Waals surface area contributed by atoms with Crippen LogP contribution in [0.15, 0.2) is 9.72 Å². The minimum absolute atomic E-state index is 0.0535. The van der Waals surface area contributed by atoms with Gasteiger partial charge in [-0.1, -0.05) is 0 Å². The van der Waals surface area contributed by atoms with E-state index in [9.17, 15) is 13.2 Å². The molecule has 0 saturated heterocycles. The molecule has 2 N–H and O–H groups in total. The molecule has 0 radical (unpaired) electrons. The van der Waals surface area contributed by atoms with Crippen molar-refractivity contribution in [1.82, 2.24) is 9.71 Å². The molecule has 7 nitrogen and oxygen atoms in total. The number of sulfonamides is 1. The quantitative estimate of drug-likeness (QED) is 0.716. The number of carbonyl (C=O) groups excluding carboxylic acids is 1. The topological polar surface area (TPSA) is 106 Å². The normalized spacial score (nSPS) is 17.2. The number of carbonyl (C=O) groups is 1. The van der Waals surface area contributed by atoms with Crippen LogP contribution in [0.2, 0.25) is 0 Å². The van der Waals surface area contributed by atoms with Gasteiger partial charge in [0.15, 0.2) is 9.90 Å². The largest absolute Gasteiger partial charge is 0.464 e. The molecule has 0 unspecified atom stereocenters. The highest BCUT2D eigenvalue weighted by molar-refractivity contribution is 7.91. The number of methoxy groups -OCH3 is 1. The lowest BCUT2D eigenvalue weighted by Gasteiger charge is -2.12. The number of aliphatic hydroxyl groups is 1. The summed E-state index contributed by atoms with van der Waals surface area (Å²) in [7, 11) is -2.65. The van der Waals surface area contributed by atoms with E-state index < -0.39 is 16.0 Å². The highest BCUT2D eigenvalue weighted by Gasteiger charge is 2.43. The van der Waals surface area contributed by atoms with E-state index in [0.29, 0.717) is 0 Å². The molecule has 1 aromatic rings. The lowest BCUT2D eigenvalue weighted by Crippen LogP contribution is -2.32. The maximum atomic E-state index is 12.1. The fourth-order valence-corrected chi connectivity index (χ4v) is 3.87. The summed E-state index contributed by atoms with van der Waals surface area (Å²) in [4.78, 5) is 15.1. The van der Waals surface area contributed by atoms with Crippen LogP contribution in [0.3, 0.4) is 0 Å². The number of aromatic nitrogens is 1. The fourth-order valence-electron chi connectivity index (χ4n) is 1.54. The van der Waals surface area contributed by atoms with Crippen LogP contribution in [-0.4, -0.2) is 44.7 Å². The van der Waals surface area contributed by atoms with Gasteiger partial charge in [0.2, 0.25) is 0 Å². The molecule has 106 valence electrons. The summed E-state index contributed by atoms with van der Waals surface area (Å²) in [5, 5.41) is 9.15. The Morgan fingerprint density at radius 2 is 2.32 bits per heavy atom. The third-order valence-corrected chi connectivity index (χ3v) is 5.86. The molecule has 0 atom stereocenters. The number of nitrogens with zero attached hydrogens (tertiary/aromatic N) is 1. The number of thiazole rings is 1. The SMILES string of the molecule is COC(=O)c1ncsc1S(=O)(=O)NCC1(CO)CC1. The number of aliphatic hydroxyl groups excluding tert-OH is 1. The second-order valence-corrected chi connectivity index (χ2v) is 7.28. The van der Waals surface area contributed by atoms with Crippen LogP contribution in [0.1, 0.15) is 23.3 Å². The molecule has 0 aromatic carbocycles. The summed E-state index contributed by atoms with van der Waals surface area (Å²) in [6.45, 7) is 0.104. The van der Waals surface area contributed by atoms with Crippen molar-refractivity contribution in [2.24, 2.45) is 5.41 Å². The average Bonchev–Trinajstić information content (AvgIpc) is 3.01. The van der Waals surface area contributed by atoms with E-state index in [2.05, 4.69) is 14.4 Å². The van der Waals surface area contributed by atoms with E-state index >= 15 is 0 Å². The molecule has 1 aliphatic rings. The van der Waals surface area contributed by atoms with Gasteiger partial charge in [-0.2, -0.15) is 0 Å². The molecule has 0 bridgehead atoms. The maximum Gasteiger partial charge on any atom is 0.358 e. The predicted octanol–water partition coefficient (Wildman–Crippen LogP) is -0.0195. The molecule has 1 heterocycles. The minimum Gasteiger partial charge on any atom is -0.464 e. The second kappa shape index (κ2) is 5.16. The molecule has 9 heteroatoms. The lowest BCUT2D eigenvalue weighted by atomic mass is 10.1. The molecule has 1 aromatic heterocycles. The zero-order valence-corrected chi connectivity index (χ0v) is 11.9. The third-order valence-electron chi connectivity index (χ3n) is 3.09. The van der Waals surface area contributed by atoms with Crippen LogP contribution in [-0.2, 0) is 14.8 Å². The zero-order valence-electron chi connectivity index (χ0n) is 10.2. The van der Waals surface area contributed by atoms with Gasteiger partial charge in [-0.05, 0) is 12.8 Å². The standard InChI is InChI=1S/C10H14N2O5S2/c1-17-8(14)7-9(18-6-11-7)19(15,16)12-4-10(5-13)2-3-10/h6,12-13H,2-5H2,1H3. The first-order chi connectivity index (χ1) is 8.94. The summed E-state index contributed by atoms with van der Waals surface area (Å²) < 4.78 is 30.9. The monoisotopic (exact) mass is 306 g/mol. The van der Waals surface area contributed by atoms with Crippen molar-refractivity contribution in [3.05, 3.63) is 11.2 Å². The van der Waals surface area contributed by atoms with Crippen LogP contribution >= 0.6 is 11.3 Å². The number of rotatable bonds is 6. The smallest absolute Gasteiger partial charge is 0.358 e. The Morgan fingerprint density at radius 1 is 1.63 bits per heavy atom. The summed E-state index contributed by atoms with van der Waals surface area (Å²) in [6, 6.07) is 0. The Hall–Kier alpha value is -1.03. The van der Waals surface area contributed by atoms with Crippen molar-refractivity contribution in [2.45, 2.75) is 17.1 Å². The highest BCUT2D eigenvalue weighted by atomic mass is 32.2. The number of ether oxygens (including phenoxy) is 1. The Balaban J connectivity index is 2.16. The predicted molar refractivity (Wildman–Crippen MR) is 67.4 cm³/mol. The van der Waals surface area contributed by atoms with Gasteiger partial charge in [-0.25, -0.2) is 22.9 Å². The van der Waals surface area contributed by atoms with Gasteiger partial charge in [0.05, 0.1) is 12.6 Å². The van der Waals surface area contributed by atoms with Crippen molar-refractivity contribution < 1.29 is 23.1 Å². The molecular weight excluding hydrogens is 292 g/mol. The molecule has 2 rings (SSSR count). The van der Waals surface area contributed by atoms with E-state index in [1.165, 1.54) is 5.51 Å². The van der Waals surface area contributed by atoms with Gasteiger partial charge >= 0.3 is 5.97 Å². The average molecular weight is 306 g/mol. The van der Waals surface area contributed by atoms with Crippen LogP contribution in [0.5, 0.6) is 0 Å². The molecule has 0 spiro atoms. The Morgan fingerprint density at radius 3 is 2.84 bits per heavy atom. The first-order valence-electron chi connectivity index (χ1n) is 5.56. The van der Waals surface area contributed by atoms with Crippen LogP contribution < -0.4 is 4.72 Å². The Kier molecular flexibility index (Phi) is 3.90. The van der Waals surface area contributed by atoms with E-state index in [1.807, 2.05) is 0 Å². The van der Waals surface area contributed by atoms with Gasteiger partial charge in [0.1, 0.15) is 0 Å². The first kappa shape index (κ1) is 14.4. The van der Waals surface area contributed by atoms with Gasteiger partial charge in [-0.15, -0.1) is 11.3 Å². The second-order valence-electron chi connectivity index (χ2n) is 4.46. The number of hydrogen-bond donors (Lipinski definition) is 2. The van der Waals surface area contributed by atoms with E-state index in [4.69, 9.17) is 5.11 Å². The molecule has 1 fully saturated rings. The van der Waals surface area contributed by atoms with Crippen LogP contribution in [0, 0.1) is 5.41 Å². The van der Waals surface area contributed by atoms with Crippen molar-refractivity contribution in [2.75, 3.05) is 20.3 Å². The summed E-state index contributed by atoms with van der Waals surface area (Å²) >= 11 is 0.854. The van der Waals surface area contributed by atoms with Gasteiger partial charge in [0, 0.05) is 18.6 Å². The molecule has 0 aliphatic heterocycles. The number of hydrogen-bond acceptors (Lipinski definition) is 7. The Labute approximate surface area is 114 Å². The molecule has 1 saturated carbocycles. The van der Waals surface area contributed by atoms with Crippen molar-refractivity contribution in [3.63, 3.8) is 0 Å². The summed E-state index contributed by atoms with van der Waals surface area (Å²) in [5.74, 6) is -0.787. The van der Waals surface area contributed by atoms with Gasteiger partial charge < -0.3 is 9.84 Å². The van der Waals surface area contributed by atoms with E-state index in [1.54, 1.807) is 0 Å².